The van der Waals surface area contributed by atoms with E-state index in [9.17, 15) is 18.0 Å². The Balaban J connectivity index is 0.00000192. The van der Waals surface area contributed by atoms with E-state index in [4.69, 9.17) is 11.6 Å². The number of hydrogen-bond acceptors (Lipinski definition) is 3. The van der Waals surface area contributed by atoms with Gasteiger partial charge in [0.05, 0.1) is 16.0 Å². The van der Waals surface area contributed by atoms with Crippen LogP contribution in [0.1, 0.15) is 24.8 Å². The minimum atomic E-state index is -4.50. The van der Waals surface area contributed by atoms with E-state index < -0.39 is 17.2 Å². The second-order valence-corrected chi connectivity index (χ2v) is 6.17. The molecule has 1 spiro atoms. The number of aromatic nitrogens is 1. The van der Waals surface area contributed by atoms with Gasteiger partial charge < -0.3 is 5.32 Å². The molecule has 2 aliphatic rings. The highest BCUT2D eigenvalue weighted by Gasteiger charge is 2.48. The molecule has 0 aliphatic carbocycles. The van der Waals surface area contributed by atoms with Crippen molar-refractivity contribution in [2.24, 2.45) is 5.41 Å². The lowest BCUT2D eigenvalue weighted by Gasteiger charge is -2.32. The van der Waals surface area contributed by atoms with E-state index in [0.717, 1.165) is 38.2 Å². The molecule has 0 radical (unpaired) electrons. The summed E-state index contributed by atoms with van der Waals surface area (Å²) in [4.78, 5) is 17.9. The van der Waals surface area contributed by atoms with E-state index in [1.165, 1.54) is 4.90 Å². The first-order valence-corrected chi connectivity index (χ1v) is 7.47. The Bertz CT molecular complexity index is 603. The maximum Gasteiger partial charge on any atom is 0.417 e. The van der Waals surface area contributed by atoms with E-state index in [-0.39, 0.29) is 29.2 Å². The van der Waals surface area contributed by atoms with E-state index in [0.29, 0.717) is 13.0 Å². The molecule has 1 amide bonds. The maximum atomic E-state index is 12.7. The van der Waals surface area contributed by atoms with Crippen molar-refractivity contribution in [2.45, 2.75) is 25.4 Å². The van der Waals surface area contributed by atoms with Crippen LogP contribution in [-0.2, 0) is 11.0 Å². The number of carbonyl (C=O) groups is 1. The van der Waals surface area contributed by atoms with Crippen molar-refractivity contribution >= 4 is 35.7 Å². The summed E-state index contributed by atoms with van der Waals surface area (Å²) in [5.41, 5.74) is -1.33. The number of alkyl halides is 3. The lowest BCUT2D eigenvalue weighted by atomic mass is 9.78. The van der Waals surface area contributed by atoms with Gasteiger partial charge in [0.2, 0.25) is 5.91 Å². The third kappa shape index (κ3) is 3.27. The second-order valence-electron chi connectivity index (χ2n) is 5.76. The number of halogens is 5. The van der Waals surface area contributed by atoms with E-state index in [1.54, 1.807) is 0 Å². The number of carbonyl (C=O) groups excluding carboxylic acids is 1. The molecule has 3 heterocycles. The highest BCUT2D eigenvalue weighted by atomic mass is 35.5. The average Bonchev–Trinajstić information content (AvgIpc) is 2.76. The molecular formula is C14H16Cl2F3N3O. The molecule has 0 bridgehead atoms. The quantitative estimate of drug-likeness (QED) is 0.825. The molecule has 9 heteroatoms. The number of nitrogens with one attached hydrogen (secondary N) is 1. The zero-order valence-electron chi connectivity index (χ0n) is 12.1. The van der Waals surface area contributed by atoms with Crippen LogP contribution in [0, 0.1) is 5.41 Å². The summed E-state index contributed by atoms with van der Waals surface area (Å²) in [6.07, 6.45) is -1.61. The van der Waals surface area contributed by atoms with Gasteiger partial charge in [0.25, 0.3) is 0 Å². The highest BCUT2D eigenvalue weighted by Crippen LogP contribution is 2.43. The molecule has 23 heavy (non-hydrogen) atoms. The molecule has 3 rings (SSSR count). The molecule has 4 nitrogen and oxygen atoms in total. The first-order valence-electron chi connectivity index (χ1n) is 7.09. The molecule has 0 saturated carbocycles. The zero-order valence-corrected chi connectivity index (χ0v) is 13.7. The Morgan fingerprint density at radius 2 is 1.91 bits per heavy atom. The van der Waals surface area contributed by atoms with Crippen LogP contribution in [-0.4, -0.2) is 30.5 Å². The topological polar surface area (TPSA) is 45.2 Å². The maximum absolute atomic E-state index is 12.7. The number of anilines is 1. The molecule has 128 valence electrons. The van der Waals surface area contributed by atoms with Crippen LogP contribution >= 0.6 is 24.0 Å². The van der Waals surface area contributed by atoms with Crippen LogP contribution in [0.2, 0.25) is 5.02 Å². The van der Waals surface area contributed by atoms with Crippen molar-refractivity contribution in [1.82, 2.24) is 10.3 Å². The summed E-state index contributed by atoms with van der Waals surface area (Å²) in [7, 11) is 0. The first-order chi connectivity index (χ1) is 10.3. The standard InChI is InChI=1S/C14H15ClF3N3O.ClH/c15-10-7-9(14(16,17)18)8-20-11(10)21-6-3-13(12(21)22)1-4-19-5-2-13;/h7-8,19H,1-6H2;1H. The third-order valence-electron chi connectivity index (χ3n) is 4.48. The van der Waals surface area contributed by atoms with Gasteiger partial charge in [-0.3, -0.25) is 9.69 Å². The van der Waals surface area contributed by atoms with Crippen molar-refractivity contribution < 1.29 is 18.0 Å². The fourth-order valence-corrected chi connectivity index (χ4v) is 3.44. The summed E-state index contributed by atoms with van der Waals surface area (Å²) < 4.78 is 38.0. The normalized spacial score (nSPS) is 20.7. The van der Waals surface area contributed by atoms with Gasteiger partial charge in [-0.05, 0) is 38.4 Å². The van der Waals surface area contributed by atoms with E-state index in [2.05, 4.69) is 10.3 Å². The van der Waals surface area contributed by atoms with Crippen molar-refractivity contribution in [1.29, 1.82) is 0 Å². The van der Waals surface area contributed by atoms with Crippen molar-refractivity contribution in [3.63, 3.8) is 0 Å². The Labute approximate surface area is 142 Å². The number of hydrogen-bond donors (Lipinski definition) is 1. The average molecular weight is 370 g/mol. The van der Waals surface area contributed by atoms with Gasteiger partial charge in [-0.1, -0.05) is 11.6 Å². The molecule has 0 aromatic carbocycles. The molecule has 1 aromatic heterocycles. The summed E-state index contributed by atoms with van der Waals surface area (Å²) in [6, 6.07) is 0.824. The van der Waals surface area contributed by atoms with Gasteiger partial charge >= 0.3 is 6.18 Å². The predicted molar refractivity (Wildman–Crippen MR) is 83.0 cm³/mol. The smallest absolute Gasteiger partial charge is 0.317 e. The van der Waals surface area contributed by atoms with Gasteiger partial charge in [0.15, 0.2) is 5.82 Å². The van der Waals surface area contributed by atoms with E-state index in [1.807, 2.05) is 0 Å². The zero-order chi connectivity index (χ0) is 16.0. The molecule has 2 fully saturated rings. The SMILES string of the molecule is Cl.O=C1N(c2ncc(C(F)(F)F)cc2Cl)CCC12CCNCC2. The van der Waals surface area contributed by atoms with Gasteiger partial charge in [-0.15, -0.1) is 12.4 Å². The Kier molecular flexibility index (Phi) is 5.13. The lowest BCUT2D eigenvalue weighted by Crippen LogP contribution is -2.43. The number of pyridine rings is 1. The van der Waals surface area contributed by atoms with Crippen LogP contribution in [0.25, 0.3) is 0 Å². The first kappa shape index (κ1) is 18.3. The summed E-state index contributed by atoms with van der Waals surface area (Å²) in [5.74, 6) is 0.0400. The predicted octanol–water partition coefficient (Wildman–Crippen LogP) is 3.28. The summed E-state index contributed by atoms with van der Waals surface area (Å²) >= 11 is 5.94. The fraction of sp³-hybridized carbons (Fsp3) is 0.571. The second kappa shape index (κ2) is 6.45. The highest BCUT2D eigenvalue weighted by molar-refractivity contribution is 6.33. The van der Waals surface area contributed by atoms with Crippen LogP contribution in [0.15, 0.2) is 12.3 Å². The Morgan fingerprint density at radius 3 is 2.48 bits per heavy atom. The molecule has 1 N–H and O–H groups in total. The molecule has 0 unspecified atom stereocenters. The Hall–Kier alpha value is -1.05. The van der Waals surface area contributed by atoms with Gasteiger partial charge in [-0.2, -0.15) is 13.2 Å². The lowest BCUT2D eigenvalue weighted by molar-refractivity contribution is -0.137. The molecule has 2 aliphatic heterocycles. The number of piperidine rings is 1. The van der Waals surface area contributed by atoms with Crippen molar-refractivity contribution in [2.75, 3.05) is 24.5 Å². The van der Waals surface area contributed by atoms with Crippen LogP contribution in [0.5, 0.6) is 0 Å². The van der Waals surface area contributed by atoms with Gasteiger partial charge in [0.1, 0.15) is 0 Å². The van der Waals surface area contributed by atoms with E-state index >= 15 is 0 Å². The molecule has 0 atom stereocenters. The summed E-state index contributed by atoms with van der Waals surface area (Å²) in [5, 5.41) is 3.06. The van der Waals surface area contributed by atoms with Crippen molar-refractivity contribution in [3.8, 4) is 0 Å². The van der Waals surface area contributed by atoms with Crippen LogP contribution in [0.4, 0.5) is 19.0 Å². The number of rotatable bonds is 1. The number of amides is 1. The Morgan fingerprint density at radius 1 is 1.26 bits per heavy atom. The minimum absolute atomic E-state index is 0. The minimum Gasteiger partial charge on any atom is -0.317 e. The number of nitrogens with zero attached hydrogens (tertiary/aromatic N) is 2. The van der Waals surface area contributed by atoms with Crippen LogP contribution in [0.3, 0.4) is 0 Å². The fourth-order valence-electron chi connectivity index (χ4n) is 3.18. The molecule has 1 aromatic rings. The van der Waals surface area contributed by atoms with Crippen molar-refractivity contribution in [3.05, 3.63) is 22.8 Å². The van der Waals surface area contributed by atoms with Crippen LogP contribution < -0.4 is 10.2 Å². The molecular weight excluding hydrogens is 354 g/mol. The molecule has 2 saturated heterocycles. The monoisotopic (exact) mass is 369 g/mol. The third-order valence-corrected chi connectivity index (χ3v) is 4.76. The van der Waals surface area contributed by atoms with Gasteiger partial charge in [-0.25, -0.2) is 4.98 Å². The largest absolute Gasteiger partial charge is 0.417 e. The summed E-state index contributed by atoms with van der Waals surface area (Å²) in [6.45, 7) is 1.98. The van der Waals surface area contributed by atoms with Gasteiger partial charge in [0, 0.05) is 12.7 Å².